The van der Waals surface area contributed by atoms with Gasteiger partial charge in [0.05, 0.1) is 0 Å². The molecule has 0 bridgehead atoms. The smallest absolute Gasteiger partial charge is 0.121 e. The Morgan fingerprint density at radius 1 is 1.24 bits per heavy atom. The minimum Gasteiger partial charge on any atom is -0.380 e. The van der Waals surface area contributed by atoms with Crippen LogP contribution in [0.1, 0.15) is 16.7 Å². The summed E-state index contributed by atoms with van der Waals surface area (Å²) >= 11 is 0. The first-order valence-corrected chi connectivity index (χ1v) is 6.98. The van der Waals surface area contributed by atoms with Crippen LogP contribution >= 0.6 is 12.4 Å². The van der Waals surface area contributed by atoms with Gasteiger partial charge in [-0.25, -0.2) is 0 Å². The average Bonchev–Trinajstić information content (AvgIpc) is 2.74. The van der Waals surface area contributed by atoms with E-state index in [1.54, 1.807) is 12.4 Å². The van der Waals surface area contributed by atoms with E-state index in [2.05, 4.69) is 16.0 Å². The van der Waals surface area contributed by atoms with E-state index in [9.17, 15) is 5.11 Å². The molecular weight excluding hydrogens is 284 g/mol. The molecule has 21 heavy (non-hydrogen) atoms. The van der Waals surface area contributed by atoms with Crippen molar-refractivity contribution in [2.45, 2.75) is 12.0 Å². The first-order chi connectivity index (χ1) is 9.62. The van der Waals surface area contributed by atoms with Crippen LogP contribution < -0.4 is 0 Å². The minimum atomic E-state index is -0.935. The normalized spacial score (nSPS) is 23.7. The number of benzene rings is 1. The second-order valence-electron chi connectivity index (χ2n) is 5.83. The summed E-state index contributed by atoms with van der Waals surface area (Å²) in [5.41, 5.74) is 2.22. The number of hydrogen-bond acceptors (Lipinski definition) is 3. The fraction of sp³-hybridized carbons (Fsp3) is 0.353. The van der Waals surface area contributed by atoms with Crippen molar-refractivity contribution in [1.82, 2.24) is 9.88 Å². The van der Waals surface area contributed by atoms with E-state index in [-0.39, 0.29) is 18.3 Å². The van der Waals surface area contributed by atoms with Gasteiger partial charge in [-0.2, -0.15) is 0 Å². The Balaban J connectivity index is 0.00000161. The molecule has 0 fully saturated rings. The number of hydrogen-bond donors (Lipinski definition) is 1. The quantitative estimate of drug-likeness (QED) is 0.946. The first-order valence-electron chi connectivity index (χ1n) is 6.98. The molecule has 0 aliphatic heterocycles. The molecule has 1 aromatic carbocycles. The van der Waals surface area contributed by atoms with Crippen molar-refractivity contribution in [3.05, 3.63) is 65.5 Å². The number of aromatic nitrogens is 1. The molecule has 0 saturated heterocycles. The van der Waals surface area contributed by atoms with Gasteiger partial charge in [-0.05, 0) is 37.7 Å². The van der Waals surface area contributed by atoms with Crippen molar-refractivity contribution in [3.63, 3.8) is 0 Å². The number of pyridine rings is 1. The zero-order valence-electron chi connectivity index (χ0n) is 12.4. The molecule has 0 radical (unpaired) electrons. The third kappa shape index (κ3) is 2.69. The monoisotopic (exact) mass is 304 g/mol. The van der Waals surface area contributed by atoms with Gasteiger partial charge in [0.15, 0.2) is 0 Å². The van der Waals surface area contributed by atoms with Crippen LogP contribution in [0.2, 0.25) is 0 Å². The van der Waals surface area contributed by atoms with Crippen molar-refractivity contribution >= 4 is 12.4 Å². The van der Waals surface area contributed by atoms with Crippen LogP contribution in [0, 0.1) is 5.92 Å². The van der Waals surface area contributed by atoms with Crippen LogP contribution in [0.3, 0.4) is 0 Å². The number of nitrogens with zero attached hydrogens (tertiary/aromatic N) is 2. The van der Waals surface area contributed by atoms with Gasteiger partial charge in [0.25, 0.3) is 0 Å². The maximum absolute atomic E-state index is 11.5. The second kappa shape index (κ2) is 6.14. The zero-order valence-corrected chi connectivity index (χ0v) is 13.2. The molecular formula is C17H21ClN2O. The Bertz CT molecular complexity index is 603. The molecule has 112 valence electrons. The Kier molecular flexibility index (Phi) is 4.67. The summed E-state index contributed by atoms with van der Waals surface area (Å²) in [4.78, 5) is 6.32. The fourth-order valence-electron chi connectivity index (χ4n) is 3.32. The van der Waals surface area contributed by atoms with Crippen molar-refractivity contribution in [2.75, 3.05) is 20.6 Å². The lowest BCUT2D eigenvalue weighted by molar-refractivity contribution is 0.0187. The van der Waals surface area contributed by atoms with Gasteiger partial charge in [-0.1, -0.05) is 30.3 Å². The predicted octanol–water partition coefficient (Wildman–Crippen LogP) is 2.47. The predicted molar refractivity (Wildman–Crippen MR) is 86.7 cm³/mol. The summed E-state index contributed by atoms with van der Waals surface area (Å²) in [5, 5.41) is 11.5. The standard InChI is InChI=1S/C17H20N2O.ClH/c1-19(2)12-15-10-13-6-3-4-8-16(13)17(15,20)14-7-5-9-18-11-14;/h3-9,11,15,20H,10,12H2,1-2H3;1H. The summed E-state index contributed by atoms with van der Waals surface area (Å²) in [6.45, 7) is 0.847. The summed E-state index contributed by atoms with van der Waals surface area (Å²) in [5.74, 6) is 0.152. The van der Waals surface area contributed by atoms with E-state index in [4.69, 9.17) is 0 Å². The van der Waals surface area contributed by atoms with Crippen molar-refractivity contribution in [3.8, 4) is 0 Å². The first kappa shape index (κ1) is 16.0. The van der Waals surface area contributed by atoms with Crippen LogP contribution in [-0.4, -0.2) is 35.6 Å². The van der Waals surface area contributed by atoms with Gasteiger partial charge in [-0.3, -0.25) is 4.98 Å². The summed E-state index contributed by atoms with van der Waals surface area (Å²) in [7, 11) is 4.10. The summed E-state index contributed by atoms with van der Waals surface area (Å²) < 4.78 is 0. The van der Waals surface area contributed by atoms with E-state index >= 15 is 0 Å². The minimum absolute atomic E-state index is 0. The Hall–Kier alpha value is -1.42. The topological polar surface area (TPSA) is 36.4 Å². The van der Waals surface area contributed by atoms with Gasteiger partial charge in [0, 0.05) is 30.4 Å². The molecule has 1 aliphatic carbocycles. The highest BCUT2D eigenvalue weighted by Gasteiger charge is 2.46. The van der Waals surface area contributed by atoms with Crippen LogP contribution in [0.4, 0.5) is 0 Å². The lowest BCUT2D eigenvalue weighted by atomic mass is 9.81. The van der Waals surface area contributed by atoms with Crippen LogP contribution in [0.5, 0.6) is 0 Å². The second-order valence-corrected chi connectivity index (χ2v) is 5.83. The Labute approximate surface area is 132 Å². The van der Waals surface area contributed by atoms with Gasteiger partial charge in [0.2, 0.25) is 0 Å². The van der Waals surface area contributed by atoms with E-state index < -0.39 is 5.60 Å². The number of fused-ring (bicyclic) bond motifs is 1. The molecule has 1 N–H and O–H groups in total. The molecule has 0 spiro atoms. The van der Waals surface area contributed by atoms with Crippen LogP contribution in [0.15, 0.2) is 48.8 Å². The van der Waals surface area contributed by atoms with Gasteiger partial charge in [-0.15, -0.1) is 12.4 Å². The van der Waals surface area contributed by atoms with E-state index in [0.29, 0.717) is 0 Å². The maximum Gasteiger partial charge on any atom is 0.121 e. The lowest BCUT2D eigenvalue weighted by Crippen LogP contribution is -2.38. The summed E-state index contributed by atoms with van der Waals surface area (Å²) in [6, 6.07) is 12.1. The molecule has 4 heteroatoms. The Morgan fingerprint density at radius 3 is 2.67 bits per heavy atom. The third-order valence-electron chi connectivity index (χ3n) is 4.17. The highest BCUT2D eigenvalue weighted by molar-refractivity contribution is 5.85. The van der Waals surface area contributed by atoms with E-state index in [1.165, 1.54) is 5.56 Å². The zero-order chi connectivity index (χ0) is 14.2. The average molecular weight is 305 g/mol. The van der Waals surface area contributed by atoms with Crippen LogP contribution in [0.25, 0.3) is 0 Å². The molecule has 2 unspecified atom stereocenters. The lowest BCUT2D eigenvalue weighted by Gasteiger charge is -2.33. The molecule has 2 atom stereocenters. The molecule has 0 amide bonds. The third-order valence-corrected chi connectivity index (χ3v) is 4.17. The highest BCUT2D eigenvalue weighted by Crippen LogP contribution is 2.45. The Morgan fingerprint density at radius 2 is 2.00 bits per heavy atom. The number of aliphatic hydroxyl groups is 1. The van der Waals surface area contributed by atoms with Gasteiger partial charge in [0.1, 0.15) is 5.60 Å². The van der Waals surface area contributed by atoms with Gasteiger partial charge < -0.3 is 10.0 Å². The van der Waals surface area contributed by atoms with E-state index in [1.807, 2.05) is 44.4 Å². The molecule has 1 aliphatic rings. The SMILES string of the molecule is CN(C)CC1Cc2ccccc2C1(O)c1cccnc1.Cl. The molecule has 2 aromatic rings. The van der Waals surface area contributed by atoms with Gasteiger partial charge >= 0.3 is 0 Å². The molecule has 3 nitrogen and oxygen atoms in total. The van der Waals surface area contributed by atoms with Crippen LogP contribution in [-0.2, 0) is 12.0 Å². The van der Waals surface area contributed by atoms with Crippen molar-refractivity contribution in [2.24, 2.45) is 5.92 Å². The number of rotatable bonds is 3. The van der Waals surface area contributed by atoms with Crippen molar-refractivity contribution in [1.29, 1.82) is 0 Å². The fourth-order valence-corrected chi connectivity index (χ4v) is 3.32. The summed E-state index contributed by atoms with van der Waals surface area (Å²) in [6.07, 6.45) is 4.43. The molecule has 1 aromatic heterocycles. The number of halogens is 1. The largest absolute Gasteiger partial charge is 0.380 e. The van der Waals surface area contributed by atoms with E-state index in [0.717, 1.165) is 24.1 Å². The molecule has 3 rings (SSSR count). The van der Waals surface area contributed by atoms with Crippen molar-refractivity contribution < 1.29 is 5.11 Å². The molecule has 1 heterocycles. The molecule has 0 saturated carbocycles. The highest BCUT2D eigenvalue weighted by atomic mass is 35.5. The maximum atomic E-state index is 11.5.